The van der Waals surface area contributed by atoms with Crippen molar-refractivity contribution in [1.29, 1.82) is 0 Å². The van der Waals surface area contributed by atoms with Crippen LogP contribution in [0.5, 0.6) is 0 Å². The van der Waals surface area contributed by atoms with Gasteiger partial charge in [0.1, 0.15) is 10.2 Å². The average molecular weight is 523 g/mol. The molecule has 3 heterocycles. The first-order chi connectivity index (χ1) is 16.0. The SMILES string of the molecule is CCCCN1C(=O)/C(=c2\sc3nc(=O)c(Cc4ccccc4)nn3c2=O)c2cc(Br)ccc21. The molecule has 1 amide bonds. The fraction of sp³-hybridized carbons (Fsp3) is 0.208. The molecule has 0 bridgehead atoms. The van der Waals surface area contributed by atoms with Gasteiger partial charge in [-0.15, -0.1) is 0 Å². The number of thiazole rings is 1. The lowest BCUT2D eigenvalue weighted by Crippen LogP contribution is -2.33. The largest absolute Gasteiger partial charge is 0.308 e. The third-order valence-electron chi connectivity index (χ3n) is 5.58. The number of nitrogens with zero attached hydrogens (tertiary/aromatic N) is 4. The minimum absolute atomic E-state index is 0.181. The van der Waals surface area contributed by atoms with E-state index >= 15 is 0 Å². The van der Waals surface area contributed by atoms with Gasteiger partial charge in [-0.3, -0.25) is 14.4 Å². The van der Waals surface area contributed by atoms with E-state index < -0.39 is 11.1 Å². The summed E-state index contributed by atoms with van der Waals surface area (Å²) in [5, 5.41) is 4.32. The Morgan fingerprint density at radius 1 is 1.06 bits per heavy atom. The molecule has 33 heavy (non-hydrogen) atoms. The second-order valence-electron chi connectivity index (χ2n) is 7.80. The Morgan fingerprint density at radius 3 is 2.61 bits per heavy atom. The molecular formula is C24H19BrN4O3S. The number of hydrogen-bond acceptors (Lipinski definition) is 6. The molecule has 0 N–H and O–H groups in total. The van der Waals surface area contributed by atoms with E-state index in [2.05, 4.69) is 32.9 Å². The maximum absolute atomic E-state index is 13.4. The molecule has 0 aliphatic carbocycles. The molecule has 5 rings (SSSR count). The Balaban J connectivity index is 1.71. The third-order valence-corrected chi connectivity index (χ3v) is 7.10. The molecule has 166 valence electrons. The number of anilines is 1. The quantitative estimate of drug-likeness (QED) is 0.402. The van der Waals surface area contributed by atoms with E-state index in [-0.39, 0.29) is 27.5 Å². The lowest BCUT2D eigenvalue weighted by molar-refractivity contribution is -0.113. The van der Waals surface area contributed by atoms with Gasteiger partial charge in [-0.25, -0.2) is 0 Å². The van der Waals surface area contributed by atoms with Gasteiger partial charge in [-0.05, 0) is 30.2 Å². The van der Waals surface area contributed by atoms with Crippen LogP contribution in [0.1, 0.15) is 36.6 Å². The number of rotatable bonds is 5. The van der Waals surface area contributed by atoms with Gasteiger partial charge in [0.25, 0.3) is 17.0 Å². The highest BCUT2D eigenvalue weighted by Gasteiger charge is 2.34. The average Bonchev–Trinajstić information content (AvgIpc) is 3.25. The molecule has 0 spiro atoms. The number of amides is 1. The molecule has 0 fully saturated rings. The topological polar surface area (TPSA) is 84.6 Å². The molecule has 9 heteroatoms. The van der Waals surface area contributed by atoms with Crippen molar-refractivity contribution in [3.05, 3.63) is 95.1 Å². The maximum atomic E-state index is 13.4. The number of carbonyl (C=O) groups excluding carboxylic acids is 1. The molecule has 1 aliphatic heterocycles. The van der Waals surface area contributed by atoms with Crippen molar-refractivity contribution in [2.45, 2.75) is 26.2 Å². The molecular weight excluding hydrogens is 504 g/mol. The first-order valence-corrected chi connectivity index (χ1v) is 12.2. The van der Waals surface area contributed by atoms with Gasteiger partial charge in [0, 0.05) is 23.0 Å². The fourth-order valence-electron chi connectivity index (χ4n) is 3.95. The smallest absolute Gasteiger partial charge is 0.296 e. The van der Waals surface area contributed by atoms with Crippen LogP contribution in [0.15, 0.2) is 62.6 Å². The fourth-order valence-corrected chi connectivity index (χ4v) is 5.31. The molecule has 0 saturated heterocycles. The second-order valence-corrected chi connectivity index (χ2v) is 9.70. The lowest BCUT2D eigenvalue weighted by Gasteiger charge is -2.16. The summed E-state index contributed by atoms with van der Waals surface area (Å²) in [6.45, 7) is 2.64. The van der Waals surface area contributed by atoms with Crippen LogP contribution in [0.2, 0.25) is 0 Å². The molecule has 2 aromatic carbocycles. The highest BCUT2D eigenvalue weighted by atomic mass is 79.9. The van der Waals surface area contributed by atoms with Gasteiger partial charge < -0.3 is 4.90 Å². The molecule has 7 nitrogen and oxygen atoms in total. The number of hydrogen-bond donors (Lipinski definition) is 0. The predicted octanol–water partition coefficient (Wildman–Crippen LogP) is 2.93. The van der Waals surface area contributed by atoms with E-state index in [1.54, 1.807) is 4.90 Å². The van der Waals surface area contributed by atoms with Gasteiger partial charge in [0.05, 0.1) is 11.3 Å². The van der Waals surface area contributed by atoms with E-state index in [0.717, 1.165) is 44.4 Å². The summed E-state index contributed by atoms with van der Waals surface area (Å²) >= 11 is 4.50. The minimum atomic E-state index is -0.470. The van der Waals surface area contributed by atoms with E-state index in [4.69, 9.17) is 0 Å². The first kappa shape index (κ1) is 21.7. The number of benzene rings is 2. The first-order valence-electron chi connectivity index (χ1n) is 10.6. The number of carbonyl (C=O) groups is 1. The zero-order chi connectivity index (χ0) is 23.1. The van der Waals surface area contributed by atoms with Crippen molar-refractivity contribution >= 4 is 49.4 Å². The number of aromatic nitrogens is 3. The summed E-state index contributed by atoms with van der Waals surface area (Å²) in [6.07, 6.45) is 2.07. The molecule has 0 atom stereocenters. The summed E-state index contributed by atoms with van der Waals surface area (Å²) in [5.74, 6) is -0.215. The van der Waals surface area contributed by atoms with Gasteiger partial charge in [0.2, 0.25) is 4.96 Å². The Hall–Kier alpha value is -3.17. The monoisotopic (exact) mass is 522 g/mol. The second kappa shape index (κ2) is 8.64. The van der Waals surface area contributed by atoms with E-state index in [1.807, 2.05) is 48.5 Å². The molecule has 0 radical (unpaired) electrons. The van der Waals surface area contributed by atoms with Crippen LogP contribution in [-0.4, -0.2) is 27.0 Å². The van der Waals surface area contributed by atoms with Gasteiger partial charge in [0.15, 0.2) is 0 Å². The van der Waals surface area contributed by atoms with Crippen molar-refractivity contribution in [3.8, 4) is 0 Å². The Kier molecular flexibility index (Phi) is 5.67. The van der Waals surface area contributed by atoms with Crippen LogP contribution in [0, 0.1) is 0 Å². The molecule has 1 aliphatic rings. The standard InChI is InChI=1S/C24H19BrN4O3S/c1-2-3-11-28-18-10-9-15(25)13-16(18)19(22(28)31)20-23(32)29-24(33-20)26-21(30)17(27-29)12-14-7-5-4-6-8-14/h4-10,13H,2-3,11-12H2,1H3/b20-19-. The zero-order valence-corrected chi connectivity index (χ0v) is 20.1. The lowest BCUT2D eigenvalue weighted by atomic mass is 10.1. The van der Waals surface area contributed by atoms with Crippen molar-refractivity contribution in [2.75, 3.05) is 11.4 Å². The zero-order valence-electron chi connectivity index (χ0n) is 17.7. The maximum Gasteiger partial charge on any atom is 0.296 e. The van der Waals surface area contributed by atoms with E-state index in [1.165, 1.54) is 0 Å². The van der Waals surface area contributed by atoms with Gasteiger partial charge >= 0.3 is 0 Å². The Morgan fingerprint density at radius 2 is 1.85 bits per heavy atom. The highest BCUT2D eigenvalue weighted by Crippen LogP contribution is 2.37. The number of fused-ring (bicyclic) bond motifs is 2. The molecule has 0 unspecified atom stereocenters. The summed E-state index contributed by atoms with van der Waals surface area (Å²) in [5.41, 5.74) is 1.99. The summed E-state index contributed by atoms with van der Waals surface area (Å²) in [7, 11) is 0. The Labute approximate surface area is 201 Å². The van der Waals surface area contributed by atoms with Gasteiger partial charge in [-0.1, -0.05) is 70.9 Å². The molecule has 4 aromatic rings. The van der Waals surface area contributed by atoms with E-state index in [0.29, 0.717) is 17.7 Å². The van der Waals surface area contributed by atoms with Crippen molar-refractivity contribution in [2.24, 2.45) is 0 Å². The minimum Gasteiger partial charge on any atom is -0.308 e. The van der Waals surface area contributed by atoms with E-state index in [9.17, 15) is 14.4 Å². The summed E-state index contributed by atoms with van der Waals surface area (Å²) < 4.78 is 2.20. The van der Waals surface area contributed by atoms with Crippen LogP contribution >= 0.6 is 27.3 Å². The van der Waals surface area contributed by atoms with Gasteiger partial charge in [-0.2, -0.15) is 14.6 Å². The molecule has 2 aromatic heterocycles. The molecule has 0 saturated carbocycles. The predicted molar refractivity (Wildman–Crippen MR) is 132 cm³/mol. The van der Waals surface area contributed by atoms with Crippen molar-refractivity contribution < 1.29 is 4.79 Å². The number of unbranched alkanes of at least 4 members (excludes halogenated alkanes) is 1. The van der Waals surface area contributed by atoms with Crippen LogP contribution in [0.3, 0.4) is 0 Å². The van der Waals surface area contributed by atoms with Crippen LogP contribution in [-0.2, 0) is 11.2 Å². The number of halogens is 1. The van der Waals surface area contributed by atoms with Crippen LogP contribution < -0.4 is 20.6 Å². The summed E-state index contributed by atoms with van der Waals surface area (Å²) in [6, 6.07) is 15.0. The normalized spacial score (nSPS) is 14.8. The third kappa shape index (κ3) is 3.81. The Bertz CT molecular complexity index is 1560. The highest BCUT2D eigenvalue weighted by molar-refractivity contribution is 9.10. The summed E-state index contributed by atoms with van der Waals surface area (Å²) in [4.78, 5) is 45.4. The van der Waals surface area contributed by atoms with Crippen molar-refractivity contribution in [1.82, 2.24) is 14.6 Å². The van der Waals surface area contributed by atoms with Crippen LogP contribution in [0.25, 0.3) is 10.5 Å². The van der Waals surface area contributed by atoms with Crippen molar-refractivity contribution in [3.63, 3.8) is 0 Å². The van der Waals surface area contributed by atoms with Crippen LogP contribution in [0.4, 0.5) is 5.69 Å².